The van der Waals surface area contributed by atoms with E-state index < -0.39 is 17.5 Å². The topological polar surface area (TPSA) is 78.9 Å². The van der Waals surface area contributed by atoms with Crippen LogP contribution in [0.5, 0.6) is 0 Å². The molecule has 6 nitrogen and oxygen atoms in total. The molecule has 1 heterocycles. The summed E-state index contributed by atoms with van der Waals surface area (Å²) >= 11 is 3.35. The highest BCUT2D eigenvalue weighted by atomic mass is 79.9. The average Bonchev–Trinajstić information content (AvgIpc) is 2.91. The van der Waals surface area contributed by atoms with Crippen LogP contribution in [0.4, 0.5) is 4.79 Å². The molecule has 0 saturated carbocycles. The van der Waals surface area contributed by atoms with E-state index in [1.807, 2.05) is 24.3 Å². The van der Waals surface area contributed by atoms with Gasteiger partial charge in [-0.15, -0.1) is 0 Å². The van der Waals surface area contributed by atoms with Crippen molar-refractivity contribution in [1.82, 2.24) is 10.2 Å². The summed E-state index contributed by atoms with van der Waals surface area (Å²) in [5.74, 6) is -1.06. The van der Waals surface area contributed by atoms with Crippen LogP contribution in [-0.2, 0) is 16.1 Å². The molecule has 7 heteroatoms. The number of carbonyl (C=O) groups excluding carboxylic acids is 1. The molecule has 0 spiro atoms. The van der Waals surface area contributed by atoms with E-state index >= 15 is 0 Å². The lowest BCUT2D eigenvalue weighted by Crippen LogP contribution is -2.57. The third-order valence-corrected chi connectivity index (χ3v) is 3.99. The van der Waals surface area contributed by atoms with Crippen LogP contribution in [0.3, 0.4) is 0 Å². The largest absolute Gasteiger partial charge is 0.479 e. The zero-order valence-electron chi connectivity index (χ0n) is 11.6. The Bertz CT molecular complexity index is 526. The lowest BCUT2D eigenvalue weighted by Gasteiger charge is -2.27. The molecule has 1 aromatic carbocycles. The van der Waals surface area contributed by atoms with Crippen LogP contribution < -0.4 is 5.32 Å². The fraction of sp³-hybridized carbons (Fsp3) is 0.429. The number of nitrogens with one attached hydrogen (secondary N) is 1. The molecule has 0 aromatic heterocycles. The van der Waals surface area contributed by atoms with Crippen LogP contribution in [0.15, 0.2) is 28.7 Å². The minimum Gasteiger partial charge on any atom is -0.479 e. The van der Waals surface area contributed by atoms with Crippen molar-refractivity contribution in [2.24, 2.45) is 0 Å². The van der Waals surface area contributed by atoms with Crippen LogP contribution in [0.2, 0.25) is 0 Å². The molecule has 1 unspecified atom stereocenters. The smallest absolute Gasteiger partial charge is 0.332 e. The lowest BCUT2D eigenvalue weighted by molar-refractivity contribution is -0.144. The number of amides is 2. The Morgan fingerprint density at radius 2 is 2.10 bits per heavy atom. The number of benzene rings is 1. The molecule has 1 saturated heterocycles. The number of halogens is 1. The predicted molar refractivity (Wildman–Crippen MR) is 79.9 cm³/mol. The number of carboxylic acid groups (broad SMARTS) is 1. The van der Waals surface area contributed by atoms with Gasteiger partial charge in [-0.25, -0.2) is 9.59 Å². The van der Waals surface area contributed by atoms with Crippen LogP contribution >= 0.6 is 15.9 Å². The molecule has 2 amide bonds. The molecular weight excluding hydrogens is 340 g/mol. The molecule has 21 heavy (non-hydrogen) atoms. The normalized spacial score (nSPS) is 21.0. The first-order valence-corrected chi connectivity index (χ1v) is 7.31. The number of rotatable bonds is 4. The molecule has 0 radical (unpaired) electrons. The van der Waals surface area contributed by atoms with Gasteiger partial charge in [0.15, 0.2) is 5.54 Å². The van der Waals surface area contributed by atoms with Crippen LogP contribution in [0.25, 0.3) is 0 Å². The van der Waals surface area contributed by atoms with E-state index in [1.165, 1.54) is 4.90 Å². The van der Waals surface area contributed by atoms with Gasteiger partial charge in [0.05, 0.1) is 6.61 Å². The maximum atomic E-state index is 12.2. The predicted octanol–water partition coefficient (Wildman–Crippen LogP) is 1.83. The summed E-state index contributed by atoms with van der Waals surface area (Å²) in [4.78, 5) is 25.0. The number of urea groups is 1. The minimum absolute atomic E-state index is 0.000196. The molecule has 1 atom stereocenters. The second kappa shape index (κ2) is 6.44. The van der Waals surface area contributed by atoms with Crippen molar-refractivity contribution in [2.45, 2.75) is 18.5 Å². The quantitative estimate of drug-likeness (QED) is 0.862. The Kier molecular flexibility index (Phi) is 4.84. The number of nitrogens with zero attached hydrogens (tertiary/aromatic N) is 1. The Hall–Kier alpha value is -1.60. The fourth-order valence-corrected chi connectivity index (χ4v) is 2.39. The van der Waals surface area contributed by atoms with Crippen molar-refractivity contribution in [3.8, 4) is 0 Å². The highest BCUT2D eigenvalue weighted by molar-refractivity contribution is 9.10. The summed E-state index contributed by atoms with van der Waals surface area (Å²) < 4.78 is 6.08. The van der Waals surface area contributed by atoms with Gasteiger partial charge in [-0.1, -0.05) is 28.1 Å². The fourth-order valence-electron chi connectivity index (χ4n) is 2.12. The average molecular weight is 357 g/mol. The van der Waals surface area contributed by atoms with Crippen LogP contribution in [0, 0.1) is 0 Å². The van der Waals surface area contributed by atoms with E-state index in [9.17, 15) is 14.7 Å². The number of hydrogen-bond donors (Lipinski definition) is 2. The summed E-state index contributed by atoms with van der Waals surface area (Å²) in [6.45, 7) is 0.735. The van der Waals surface area contributed by atoms with Crippen molar-refractivity contribution in [2.75, 3.05) is 20.3 Å². The zero-order chi connectivity index (χ0) is 15.5. The molecule has 2 rings (SSSR count). The number of ether oxygens (including phenoxy) is 1. The first kappa shape index (κ1) is 15.8. The Morgan fingerprint density at radius 1 is 1.43 bits per heavy atom. The van der Waals surface area contributed by atoms with E-state index in [4.69, 9.17) is 4.74 Å². The number of carbonyl (C=O) groups is 2. The molecule has 1 aliphatic heterocycles. The lowest BCUT2D eigenvalue weighted by atomic mass is 9.99. The van der Waals surface area contributed by atoms with E-state index in [1.54, 1.807) is 7.05 Å². The summed E-state index contributed by atoms with van der Waals surface area (Å²) in [6.07, 6.45) is 0.278. The van der Waals surface area contributed by atoms with Crippen molar-refractivity contribution in [1.29, 1.82) is 0 Å². The molecule has 2 N–H and O–H groups in total. The Morgan fingerprint density at radius 3 is 2.62 bits per heavy atom. The molecule has 1 fully saturated rings. The zero-order valence-corrected chi connectivity index (χ0v) is 13.2. The second-order valence-electron chi connectivity index (χ2n) is 5.10. The van der Waals surface area contributed by atoms with Gasteiger partial charge in [0, 0.05) is 31.1 Å². The van der Waals surface area contributed by atoms with Gasteiger partial charge in [-0.3, -0.25) is 0 Å². The third-order valence-electron chi connectivity index (χ3n) is 3.46. The highest BCUT2D eigenvalue weighted by Gasteiger charge is 2.44. The molecule has 1 aromatic rings. The van der Waals surface area contributed by atoms with E-state index in [2.05, 4.69) is 21.2 Å². The van der Waals surface area contributed by atoms with Crippen molar-refractivity contribution in [3.63, 3.8) is 0 Å². The number of carboxylic acids is 1. The van der Waals surface area contributed by atoms with Gasteiger partial charge in [-0.05, 0) is 17.7 Å². The molecular formula is C14H17BrN2O4. The maximum Gasteiger partial charge on any atom is 0.332 e. The van der Waals surface area contributed by atoms with Crippen molar-refractivity contribution in [3.05, 3.63) is 34.3 Å². The molecule has 0 bridgehead atoms. The van der Waals surface area contributed by atoms with Gasteiger partial charge in [0.1, 0.15) is 0 Å². The Balaban J connectivity index is 1.99. The first-order chi connectivity index (χ1) is 9.93. The molecule has 114 valence electrons. The van der Waals surface area contributed by atoms with Crippen molar-refractivity contribution < 1.29 is 19.4 Å². The minimum atomic E-state index is -1.31. The van der Waals surface area contributed by atoms with Gasteiger partial charge in [0.2, 0.25) is 0 Å². The van der Waals surface area contributed by atoms with E-state index in [0.29, 0.717) is 13.2 Å². The standard InChI is InChI=1S/C14H17BrN2O4/c1-17(8-10-2-4-11(15)5-3-10)13(20)16-14(12(18)19)6-7-21-9-14/h2-5H,6-9H2,1H3,(H,16,20)(H,18,19). The Labute approximate surface area is 131 Å². The summed E-state index contributed by atoms with van der Waals surface area (Å²) in [6, 6.07) is 7.17. The third kappa shape index (κ3) is 3.74. The van der Waals surface area contributed by atoms with E-state index in [-0.39, 0.29) is 13.0 Å². The van der Waals surface area contributed by atoms with Gasteiger partial charge in [0.25, 0.3) is 0 Å². The number of hydrogen-bond acceptors (Lipinski definition) is 3. The monoisotopic (exact) mass is 356 g/mol. The maximum absolute atomic E-state index is 12.2. The SMILES string of the molecule is CN(Cc1ccc(Br)cc1)C(=O)NC1(C(=O)O)CCOC1. The summed E-state index contributed by atoms with van der Waals surface area (Å²) in [5.41, 5.74) is -0.353. The highest BCUT2D eigenvalue weighted by Crippen LogP contribution is 2.19. The van der Waals surface area contributed by atoms with Crippen LogP contribution in [-0.4, -0.2) is 47.8 Å². The molecule has 1 aliphatic rings. The van der Waals surface area contributed by atoms with Gasteiger partial charge < -0.3 is 20.1 Å². The second-order valence-corrected chi connectivity index (χ2v) is 6.02. The number of aliphatic carboxylic acids is 1. The van der Waals surface area contributed by atoms with Crippen LogP contribution in [0.1, 0.15) is 12.0 Å². The van der Waals surface area contributed by atoms with Gasteiger partial charge in [-0.2, -0.15) is 0 Å². The van der Waals surface area contributed by atoms with Crippen molar-refractivity contribution >= 4 is 27.9 Å². The first-order valence-electron chi connectivity index (χ1n) is 6.52. The molecule has 0 aliphatic carbocycles. The summed E-state index contributed by atoms with van der Waals surface area (Å²) in [7, 11) is 1.63. The van der Waals surface area contributed by atoms with Gasteiger partial charge >= 0.3 is 12.0 Å². The summed E-state index contributed by atoms with van der Waals surface area (Å²) in [5, 5.41) is 11.9. The van der Waals surface area contributed by atoms with E-state index in [0.717, 1.165) is 10.0 Å².